The van der Waals surface area contributed by atoms with Crippen molar-refractivity contribution in [2.24, 2.45) is 11.3 Å². The minimum Gasteiger partial charge on any atom is -0.392 e. The first-order valence-corrected chi connectivity index (χ1v) is 11.8. The van der Waals surface area contributed by atoms with Gasteiger partial charge in [-0.1, -0.05) is 24.3 Å². The van der Waals surface area contributed by atoms with E-state index in [4.69, 9.17) is 0 Å². The molecule has 3 atom stereocenters. The maximum absolute atomic E-state index is 12.2. The van der Waals surface area contributed by atoms with Crippen molar-refractivity contribution in [2.45, 2.75) is 44.8 Å². The Kier molecular flexibility index (Phi) is 4.19. The summed E-state index contributed by atoms with van der Waals surface area (Å²) in [6.07, 6.45) is 6.77. The van der Waals surface area contributed by atoms with Crippen molar-refractivity contribution in [1.82, 2.24) is 13.9 Å². The normalized spacial score (nSPS) is 29.1. The van der Waals surface area contributed by atoms with Gasteiger partial charge in [-0.3, -0.25) is 0 Å². The van der Waals surface area contributed by atoms with Gasteiger partial charge < -0.3 is 9.67 Å². The number of sulfonamides is 1. The van der Waals surface area contributed by atoms with Crippen molar-refractivity contribution < 1.29 is 13.5 Å². The fourth-order valence-electron chi connectivity index (χ4n) is 5.79. The SMILES string of the molecule is CCS(=O)(=O)N1CCC2(CC[C@H]([C@@H]3c4ccccc4-c4cncn43)[C@H]2O)CC1. The smallest absolute Gasteiger partial charge is 0.213 e. The van der Waals surface area contributed by atoms with E-state index in [0.29, 0.717) is 13.1 Å². The third-order valence-electron chi connectivity index (χ3n) is 7.41. The highest BCUT2D eigenvalue weighted by molar-refractivity contribution is 7.89. The maximum atomic E-state index is 12.2. The standard InChI is InChI=1S/C21H27N3O3S/c1-2-28(26,27)23-11-9-21(10-12-23)8-7-17(20(21)25)19-16-6-4-3-5-15(16)18-13-22-14-24(18)19/h3-6,13-14,17,19-20,25H,2,7-12H2,1H3/t17-,19+,20-/m1/s1. The van der Waals surface area contributed by atoms with Crippen molar-refractivity contribution in [2.75, 3.05) is 18.8 Å². The zero-order chi connectivity index (χ0) is 19.5. The second-order valence-electron chi connectivity index (χ2n) is 8.53. The average molecular weight is 402 g/mol. The van der Waals surface area contributed by atoms with E-state index in [1.807, 2.05) is 12.5 Å². The van der Waals surface area contributed by atoms with E-state index in [2.05, 4.69) is 33.8 Å². The number of fused-ring (bicyclic) bond motifs is 3. The van der Waals surface area contributed by atoms with Crippen LogP contribution in [0.25, 0.3) is 11.3 Å². The van der Waals surface area contributed by atoms with Crippen molar-refractivity contribution >= 4 is 10.0 Å². The molecule has 0 bridgehead atoms. The molecule has 1 saturated carbocycles. The van der Waals surface area contributed by atoms with Crippen LogP contribution in [0.4, 0.5) is 0 Å². The quantitative estimate of drug-likeness (QED) is 0.858. The highest BCUT2D eigenvalue weighted by Gasteiger charge is 2.53. The van der Waals surface area contributed by atoms with E-state index in [-0.39, 0.29) is 23.1 Å². The van der Waals surface area contributed by atoms with Crippen molar-refractivity contribution in [1.29, 1.82) is 0 Å². The number of aliphatic hydroxyl groups excluding tert-OH is 1. The maximum Gasteiger partial charge on any atom is 0.213 e. The molecule has 6 nitrogen and oxygen atoms in total. The molecular formula is C21H27N3O3S. The van der Waals surface area contributed by atoms with Crippen LogP contribution < -0.4 is 0 Å². The summed E-state index contributed by atoms with van der Waals surface area (Å²) in [5.41, 5.74) is 3.44. The number of hydrogen-bond acceptors (Lipinski definition) is 4. The summed E-state index contributed by atoms with van der Waals surface area (Å²) >= 11 is 0. The van der Waals surface area contributed by atoms with E-state index in [9.17, 15) is 13.5 Å². The van der Waals surface area contributed by atoms with E-state index in [1.165, 1.54) is 11.1 Å². The average Bonchev–Trinajstić information content (AvgIpc) is 3.38. The summed E-state index contributed by atoms with van der Waals surface area (Å²) in [6, 6.07) is 8.53. The number of aromatic nitrogens is 2. The number of nitrogens with zero attached hydrogens (tertiary/aromatic N) is 3. The topological polar surface area (TPSA) is 75.4 Å². The van der Waals surface area contributed by atoms with Crippen LogP contribution in [0.3, 0.4) is 0 Å². The number of rotatable bonds is 3. The summed E-state index contributed by atoms with van der Waals surface area (Å²) in [5, 5.41) is 11.5. The Morgan fingerprint density at radius 1 is 1.21 bits per heavy atom. The highest BCUT2D eigenvalue weighted by atomic mass is 32.2. The predicted molar refractivity (Wildman–Crippen MR) is 107 cm³/mol. The molecule has 1 aromatic carbocycles. The second kappa shape index (κ2) is 6.40. The number of benzene rings is 1. The van der Waals surface area contributed by atoms with Gasteiger partial charge in [0.25, 0.3) is 0 Å². The number of imidazole rings is 1. The lowest BCUT2D eigenvalue weighted by atomic mass is 9.73. The van der Waals surface area contributed by atoms with Gasteiger partial charge in [0.15, 0.2) is 0 Å². The first-order chi connectivity index (χ1) is 13.5. The molecule has 0 amide bonds. The minimum absolute atomic E-state index is 0.112. The Morgan fingerprint density at radius 3 is 2.71 bits per heavy atom. The molecule has 2 aliphatic heterocycles. The van der Waals surface area contributed by atoms with Crippen LogP contribution >= 0.6 is 0 Å². The lowest BCUT2D eigenvalue weighted by Crippen LogP contribution is -2.47. The highest BCUT2D eigenvalue weighted by Crippen LogP contribution is 2.55. The Bertz CT molecular complexity index is 992. The van der Waals surface area contributed by atoms with Crippen LogP contribution in [0.1, 0.15) is 44.2 Å². The fraction of sp³-hybridized carbons (Fsp3) is 0.571. The molecule has 0 radical (unpaired) electrons. The summed E-state index contributed by atoms with van der Waals surface area (Å²) < 4.78 is 28.2. The molecule has 1 spiro atoms. The molecule has 2 fully saturated rings. The zero-order valence-corrected chi connectivity index (χ0v) is 17.0. The van der Waals surface area contributed by atoms with Gasteiger partial charge in [-0.15, -0.1) is 0 Å². The largest absolute Gasteiger partial charge is 0.392 e. The molecule has 3 aliphatic rings. The number of aliphatic hydroxyl groups is 1. The van der Waals surface area contributed by atoms with Gasteiger partial charge in [0.1, 0.15) is 0 Å². The molecule has 1 aliphatic carbocycles. The van der Waals surface area contributed by atoms with Crippen molar-refractivity contribution in [3.63, 3.8) is 0 Å². The van der Waals surface area contributed by atoms with Gasteiger partial charge in [0.05, 0.1) is 36.1 Å². The van der Waals surface area contributed by atoms with Gasteiger partial charge in [-0.05, 0) is 43.6 Å². The zero-order valence-electron chi connectivity index (χ0n) is 16.2. The summed E-state index contributed by atoms with van der Waals surface area (Å²) in [5.74, 6) is 0.277. The van der Waals surface area contributed by atoms with Gasteiger partial charge in [-0.25, -0.2) is 17.7 Å². The van der Waals surface area contributed by atoms with E-state index < -0.39 is 16.1 Å². The molecule has 5 rings (SSSR count). The molecule has 28 heavy (non-hydrogen) atoms. The number of piperidine rings is 1. The monoisotopic (exact) mass is 401 g/mol. The third kappa shape index (κ3) is 2.52. The van der Waals surface area contributed by atoms with Gasteiger partial charge in [0, 0.05) is 24.6 Å². The molecule has 1 saturated heterocycles. The molecule has 3 heterocycles. The first kappa shape index (κ1) is 18.3. The fourth-order valence-corrected chi connectivity index (χ4v) is 6.90. The molecular weight excluding hydrogens is 374 g/mol. The van der Waals surface area contributed by atoms with Gasteiger partial charge >= 0.3 is 0 Å². The first-order valence-electron chi connectivity index (χ1n) is 10.2. The van der Waals surface area contributed by atoms with E-state index in [0.717, 1.165) is 31.4 Å². The van der Waals surface area contributed by atoms with E-state index >= 15 is 0 Å². The summed E-state index contributed by atoms with van der Waals surface area (Å²) in [4.78, 5) is 4.35. The van der Waals surface area contributed by atoms with Crippen LogP contribution in [0.15, 0.2) is 36.8 Å². The van der Waals surface area contributed by atoms with Crippen molar-refractivity contribution in [3.8, 4) is 11.3 Å². The van der Waals surface area contributed by atoms with Crippen LogP contribution in [-0.2, 0) is 10.0 Å². The van der Waals surface area contributed by atoms with Crippen LogP contribution in [0.5, 0.6) is 0 Å². The Hall–Kier alpha value is -1.70. The van der Waals surface area contributed by atoms with Crippen LogP contribution in [0, 0.1) is 11.3 Å². The summed E-state index contributed by atoms with van der Waals surface area (Å²) in [7, 11) is -3.15. The summed E-state index contributed by atoms with van der Waals surface area (Å²) in [6.45, 7) is 2.75. The Morgan fingerprint density at radius 2 is 1.96 bits per heavy atom. The molecule has 1 aromatic heterocycles. The third-order valence-corrected chi connectivity index (χ3v) is 9.29. The molecule has 2 aromatic rings. The van der Waals surface area contributed by atoms with Gasteiger partial charge in [0.2, 0.25) is 10.0 Å². The molecule has 7 heteroatoms. The van der Waals surface area contributed by atoms with Crippen LogP contribution in [0.2, 0.25) is 0 Å². The molecule has 0 unspecified atom stereocenters. The second-order valence-corrected chi connectivity index (χ2v) is 10.8. The van der Waals surface area contributed by atoms with Crippen LogP contribution in [-0.4, -0.2) is 52.3 Å². The van der Waals surface area contributed by atoms with Gasteiger partial charge in [-0.2, -0.15) is 0 Å². The van der Waals surface area contributed by atoms with E-state index in [1.54, 1.807) is 11.2 Å². The lowest BCUT2D eigenvalue weighted by molar-refractivity contribution is -0.0145. The number of hydrogen-bond donors (Lipinski definition) is 1. The predicted octanol–water partition coefficient (Wildman–Crippen LogP) is 2.66. The molecule has 150 valence electrons. The van der Waals surface area contributed by atoms with Crippen molar-refractivity contribution in [3.05, 3.63) is 42.4 Å². The minimum atomic E-state index is -3.15. The Balaban J connectivity index is 1.42. The molecule has 1 N–H and O–H groups in total. The Labute approximate surface area is 166 Å². The lowest BCUT2D eigenvalue weighted by Gasteiger charge is -2.42.